The van der Waals surface area contributed by atoms with Gasteiger partial charge in [-0.3, -0.25) is 0 Å². The Morgan fingerprint density at radius 1 is 0.974 bits per heavy atom. The van der Waals surface area contributed by atoms with Crippen molar-refractivity contribution in [2.75, 3.05) is 7.11 Å². The van der Waals surface area contributed by atoms with Crippen LogP contribution in [0.25, 0.3) is 11.0 Å². The van der Waals surface area contributed by atoms with E-state index in [1.165, 1.54) is 29.9 Å². The number of carbonyl (C=O) groups excluding carboxylic acids is 2. The Labute approximate surface area is 227 Å². The van der Waals surface area contributed by atoms with Crippen molar-refractivity contribution in [2.24, 2.45) is 0 Å². The zero-order valence-corrected chi connectivity index (χ0v) is 22.9. The Morgan fingerprint density at radius 2 is 1.71 bits per heavy atom. The highest BCUT2D eigenvalue weighted by molar-refractivity contribution is 9.10. The lowest BCUT2D eigenvalue weighted by Crippen LogP contribution is -2.28. The quantitative estimate of drug-likeness (QED) is 0.224. The number of ether oxygens (including phenoxy) is 4. The summed E-state index contributed by atoms with van der Waals surface area (Å²) in [5.74, 6) is -0.254. The standard InChI is InChI=1S/C28H26BrFN2O6/c1-28(2,3)38-27(34)32-22-8-6-5-7-21(22)31-25(32)16-37-23-12-10-17(26(33)35-4)13-24(23)36-15-18-9-11-19(29)14-20(18)30/h5-14H,15-16H2,1-4H3. The number of para-hydroxylation sites is 2. The molecule has 0 N–H and O–H groups in total. The molecule has 0 aliphatic carbocycles. The van der Waals surface area contributed by atoms with Gasteiger partial charge >= 0.3 is 12.1 Å². The maximum atomic E-state index is 14.4. The molecular weight excluding hydrogens is 559 g/mol. The van der Waals surface area contributed by atoms with E-state index in [1.807, 2.05) is 6.07 Å². The maximum absolute atomic E-state index is 14.4. The fourth-order valence-corrected chi connectivity index (χ4v) is 3.94. The monoisotopic (exact) mass is 584 g/mol. The predicted molar refractivity (Wildman–Crippen MR) is 142 cm³/mol. The molecule has 4 aromatic rings. The first kappa shape index (κ1) is 27.1. The van der Waals surface area contributed by atoms with Crippen LogP contribution in [0.2, 0.25) is 0 Å². The molecule has 1 aromatic heterocycles. The van der Waals surface area contributed by atoms with Crippen molar-refractivity contribution in [3.8, 4) is 11.5 Å². The van der Waals surface area contributed by atoms with Gasteiger partial charge in [-0.05, 0) is 63.2 Å². The normalized spacial score (nSPS) is 11.3. The van der Waals surface area contributed by atoms with Gasteiger partial charge in [-0.2, -0.15) is 0 Å². The fraction of sp³-hybridized carbons (Fsp3) is 0.250. The summed E-state index contributed by atoms with van der Waals surface area (Å²) in [5.41, 5.74) is 0.998. The van der Waals surface area contributed by atoms with E-state index in [0.717, 1.165) is 0 Å². The summed E-state index contributed by atoms with van der Waals surface area (Å²) >= 11 is 3.23. The molecule has 0 amide bonds. The number of esters is 1. The van der Waals surface area contributed by atoms with Gasteiger partial charge in [0.05, 0.1) is 23.7 Å². The maximum Gasteiger partial charge on any atom is 0.420 e. The first-order chi connectivity index (χ1) is 18.1. The summed E-state index contributed by atoms with van der Waals surface area (Å²) in [4.78, 5) is 29.7. The third-order valence-corrected chi connectivity index (χ3v) is 5.82. The number of imidazole rings is 1. The predicted octanol–water partition coefficient (Wildman–Crippen LogP) is 6.67. The minimum Gasteiger partial charge on any atom is -0.485 e. The first-order valence-electron chi connectivity index (χ1n) is 11.7. The number of methoxy groups -OCH3 is 1. The summed E-state index contributed by atoms with van der Waals surface area (Å²) in [5, 5.41) is 0. The van der Waals surface area contributed by atoms with E-state index in [9.17, 15) is 14.0 Å². The van der Waals surface area contributed by atoms with Gasteiger partial charge in [0, 0.05) is 10.0 Å². The van der Waals surface area contributed by atoms with Crippen LogP contribution in [0.15, 0.2) is 65.1 Å². The van der Waals surface area contributed by atoms with Crippen molar-refractivity contribution >= 4 is 39.0 Å². The average Bonchev–Trinajstić information content (AvgIpc) is 3.24. The molecule has 10 heteroatoms. The second kappa shape index (κ2) is 11.2. The van der Waals surface area contributed by atoms with Gasteiger partial charge < -0.3 is 18.9 Å². The molecule has 0 aliphatic heterocycles. The fourth-order valence-electron chi connectivity index (χ4n) is 3.61. The molecule has 1 heterocycles. The molecule has 0 spiro atoms. The second-order valence-electron chi connectivity index (χ2n) is 9.30. The second-order valence-corrected chi connectivity index (χ2v) is 10.2. The minimum atomic E-state index is -0.715. The molecule has 0 saturated heterocycles. The topological polar surface area (TPSA) is 88.9 Å². The van der Waals surface area contributed by atoms with Crippen LogP contribution in [-0.4, -0.2) is 34.3 Å². The van der Waals surface area contributed by atoms with Crippen molar-refractivity contribution < 1.29 is 32.9 Å². The van der Waals surface area contributed by atoms with Crippen LogP contribution < -0.4 is 9.47 Å². The van der Waals surface area contributed by atoms with Gasteiger partial charge in [0.1, 0.15) is 24.6 Å². The van der Waals surface area contributed by atoms with E-state index in [1.54, 1.807) is 57.2 Å². The molecular formula is C28H26BrFN2O6. The van der Waals surface area contributed by atoms with E-state index in [0.29, 0.717) is 26.9 Å². The molecule has 0 aliphatic rings. The third-order valence-electron chi connectivity index (χ3n) is 5.33. The molecule has 0 atom stereocenters. The van der Waals surface area contributed by atoms with Crippen LogP contribution in [0.3, 0.4) is 0 Å². The molecule has 0 bridgehead atoms. The minimum absolute atomic E-state index is 0.115. The van der Waals surface area contributed by atoms with Crippen molar-refractivity contribution in [3.05, 3.63) is 87.9 Å². The number of fused-ring (bicyclic) bond motifs is 1. The molecule has 38 heavy (non-hydrogen) atoms. The molecule has 198 valence electrons. The van der Waals surface area contributed by atoms with Crippen LogP contribution >= 0.6 is 15.9 Å². The van der Waals surface area contributed by atoms with E-state index in [2.05, 4.69) is 20.9 Å². The Balaban J connectivity index is 1.64. The van der Waals surface area contributed by atoms with Gasteiger partial charge in [0.15, 0.2) is 17.3 Å². The largest absolute Gasteiger partial charge is 0.485 e. The van der Waals surface area contributed by atoms with Gasteiger partial charge in [0.25, 0.3) is 0 Å². The van der Waals surface area contributed by atoms with E-state index in [4.69, 9.17) is 18.9 Å². The highest BCUT2D eigenvalue weighted by Gasteiger charge is 2.24. The molecule has 0 radical (unpaired) electrons. The highest BCUT2D eigenvalue weighted by Crippen LogP contribution is 2.31. The number of aromatic nitrogens is 2. The van der Waals surface area contributed by atoms with E-state index in [-0.39, 0.29) is 30.3 Å². The molecule has 0 unspecified atom stereocenters. The Bertz CT molecular complexity index is 1490. The van der Waals surface area contributed by atoms with Gasteiger partial charge in [-0.15, -0.1) is 0 Å². The van der Waals surface area contributed by atoms with Gasteiger partial charge in [-0.25, -0.2) is 23.5 Å². The lowest BCUT2D eigenvalue weighted by atomic mass is 10.2. The van der Waals surface area contributed by atoms with Crippen molar-refractivity contribution in [3.63, 3.8) is 0 Å². The molecule has 0 fully saturated rings. The number of nitrogens with zero attached hydrogens (tertiary/aromatic N) is 2. The van der Waals surface area contributed by atoms with Gasteiger partial charge in [0.2, 0.25) is 0 Å². The number of hydrogen-bond donors (Lipinski definition) is 0. The van der Waals surface area contributed by atoms with Crippen LogP contribution in [-0.2, 0) is 22.7 Å². The molecule has 3 aromatic carbocycles. The smallest absolute Gasteiger partial charge is 0.420 e. The zero-order valence-electron chi connectivity index (χ0n) is 21.3. The zero-order chi connectivity index (χ0) is 27.4. The van der Waals surface area contributed by atoms with Crippen LogP contribution in [0.4, 0.5) is 9.18 Å². The number of benzene rings is 3. The number of carbonyl (C=O) groups is 2. The summed E-state index contributed by atoms with van der Waals surface area (Å²) in [6.45, 7) is 5.10. The Hall–Kier alpha value is -3.92. The summed E-state index contributed by atoms with van der Waals surface area (Å²) in [7, 11) is 1.27. The number of rotatable bonds is 7. The van der Waals surface area contributed by atoms with Crippen LogP contribution in [0.1, 0.15) is 42.5 Å². The molecule has 8 nitrogen and oxygen atoms in total. The average molecular weight is 585 g/mol. The van der Waals surface area contributed by atoms with E-state index >= 15 is 0 Å². The van der Waals surface area contributed by atoms with E-state index < -0.39 is 23.5 Å². The SMILES string of the molecule is COC(=O)c1ccc(OCc2nc3ccccc3n2C(=O)OC(C)(C)C)c(OCc2ccc(Br)cc2F)c1. The lowest BCUT2D eigenvalue weighted by molar-refractivity contribution is 0.0531. The van der Waals surface area contributed by atoms with Crippen LogP contribution in [0.5, 0.6) is 11.5 Å². The van der Waals surface area contributed by atoms with Crippen LogP contribution in [0, 0.1) is 5.82 Å². The van der Waals surface area contributed by atoms with Crippen molar-refractivity contribution in [1.29, 1.82) is 0 Å². The summed E-state index contributed by atoms with van der Waals surface area (Å²) < 4.78 is 38.6. The van der Waals surface area contributed by atoms with Crippen molar-refractivity contribution in [2.45, 2.75) is 39.6 Å². The Morgan fingerprint density at radius 3 is 2.42 bits per heavy atom. The summed E-state index contributed by atoms with van der Waals surface area (Å²) in [6, 6.07) is 16.3. The number of hydrogen-bond acceptors (Lipinski definition) is 7. The summed E-state index contributed by atoms with van der Waals surface area (Å²) in [6.07, 6.45) is -0.590. The van der Waals surface area contributed by atoms with Gasteiger partial charge in [-0.1, -0.05) is 34.1 Å². The van der Waals surface area contributed by atoms with Crippen molar-refractivity contribution in [1.82, 2.24) is 9.55 Å². The molecule has 0 saturated carbocycles. The lowest BCUT2D eigenvalue weighted by Gasteiger charge is -2.20. The molecule has 4 rings (SSSR count). The highest BCUT2D eigenvalue weighted by atomic mass is 79.9. The first-order valence-corrected chi connectivity index (χ1v) is 12.5. The third kappa shape index (κ3) is 6.31. The number of halogens is 2. The Kier molecular flexibility index (Phi) is 8.01.